The average molecular weight is 424 g/mol. The lowest BCUT2D eigenvalue weighted by atomic mass is 9.89. The topological polar surface area (TPSA) is 107 Å². The van der Waals surface area contributed by atoms with Crippen LogP contribution in [-0.4, -0.2) is 48.9 Å². The van der Waals surface area contributed by atoms with E-state index in [0.717, 1.165) is 24.2 Å². The Morgan fingerprint density at radius 3 is 2.74 bits per heavy atom. The predicted molar refractivity (Wildman–Crippen MR) is 112 cm³/mol. The van der Waals surface area contributed by atoms with Crippen molar-refractivity contribution in [1.29, 1.82) is 0 Å². The van der Waals surface area contributed by atoms with Gasteiger partial charge in [-0.3, -0.25) is 14.6 Å². The summed E-state index contributed by atoms with van der Waals surface area (Å²) in [6.07, 6.45) is 1.55. The third-order valence-electron chi connectivity index (χ3n) is 6.06. The van der Waals surface area contributed by atoms with Crippen LogP contribution in [0.15, 0.2) is 36.4 Å². The maximum absolute atomic E-state index is 12.7. The van der Waals surface area contributed by atoms with E-state index in [1.807, 2.05) is 24.3 Å². The van der Waals surface area contributed by atoms with Crippen molar-refractivity contribution in [1.82, 2.24) is 4.98 Å². The Hall–Kier alpha value is -3.33. The molecule has 3 aliphatic rings. The molecule has 2 N–H and O–H groups in total. The molecule has 0 bridgehead atoms. The number of nitrogens with zero attached hydrogens (tertiary/aromatic N) is 3. The number of ether oxygens (including phenoxy) is 3. The summed E-state index contributed by atoms with van der Waals surface area (Å²) in [5.74, 6) is 1.90. The molecule has 9 heteroatoms. The molecule has 3 atom stereocenters. The van der Waals surface area contributed by atoms with Crippen molar-refractivity contribution < 1.29 is 23.8 Å². The summed E-state index contributed by atoms with van der Waals surface area (Å²) in [6, 6.07) is 10.9. The second-order valence-corrected chi connectivity index (χ2v) is 8.04. The van der Waals surface area contributed by atoms with Gasteiger partial charge < -0.3 is 19.9 Å². The number of anilines is 2. The third kappa shape index (κ3) is 3.54. The number of hydrogen-bond donors (Lipinski definition) is 1. The van der Waals surface area contributed by atoms with Gasteiger partial charge in [-0.1, -0.05) is 12.1 Å². The third-order valence-corrected chi connectivity index (χ3v) is 6.06. The Balaban J connectivity index is 1.45. The molecular formula is C22H24N4O5. The molecule has 162 valence electrons. The monoisotopic (exact) mass is 424 g/mol. The Labute approximate surface area is 179 Å². The zero-order valence-electron chi connectivity index (χ0n) is 17.2. The van der Waals surface area contributed by atoms with Gasteiger partial charge in [0.1, 0.15) is 17.7 Å². The number of amides is 2. The van der Waals surface area contributed by atoms with Crippen molar-refractivity contribution >= 4 is 23.6 Å². The van der Waals surface area contributed by atoms with Crippen LogP contribution in [0.1, 0.15) is 24.8 Å². The van der Waals surface area contributed by atoms with E-state index in [-0.39, 0.29) is 30.7 Å². The highest BCUT2D eigenvalue weighted by atomic mass is 16.6. The molecule has 1 saturated heterocycles. The van der Waals surface area contributed by atoms with Gasteiger partial charge in [-0.25, -0.2) is 9.78 Å². The average Bonchev–Trinajstić information content (AvgIpc) is 3.10. The molecule has 2 aliphatic heterocycles. The second-order valence-electron chi connectivity index (χ2n) is 8.04. The first-order valence-corrected chi connectivity index (χ1v) is 10.4. The van der Waals surface area contributed by atoms with Crippen LogP contribution in [0.2, 0.25) is 0 Å². The number of rotatable bonds is 4. The SMILES string of the molecule is COc1ccc(CN2C(=O)COc3ccc(N4C(=O)O[C@@H]5C[C@@H](N)CC[C@@H]54)nc32)cc1. The predicted octanol–water partition coefficient (Wildman–Crippen LogP) is 2.22. The van der Waals surface area contributed by atoms with Gasteiger partial charge >= 0.3 is 6.09 Å². The number of carbonyl (C=O) groups is 2. The maximum Gasteiger partial charge on any atom is 0.416 e. The zero-order valence-corrected chi connectivity index (χ0v) is 17.2. The lowest BCUT2D eigenvalue weighted by molar-refractivity contribution is -0.121. The summed E-state index contributed by atoms with van der Waals surface area (Å²) in [5.41, 5.74) is 6.97. The zero-order chi connectivity index (χ0) is 21.5. The number of benzene rings is 1. The molecule has 1 aromatic carbocycles. The molecule has 0 radical (unpaired) electrons. The molecule has 1 aliphatic carbocycles. The molecule has 9 nitrogen and oxygen atoms in total. The maximum atomic E-state index is 12.7. The second kappa shape index (κ2) is 7.73. The van der Waals surface area contributed by atoms with E-state index in [0.29, 0.717) is 30.4 Å². The number of methoxy groups -OCH3 is 1. The van der Waals surface area contributed by atoms with Gasteiger partial charge in [0.2, 0.25) is 0 Å². The Kier molecular flexibility index (Phi) is 4.90. The fraction of sp³-hybridized carbons (Fsp3) is 0.409. The molecule has 0 unspecified atom stereocenters. The van der Waals surface area contributed by atoms with Gasteiger partial charge in [0.25, 0.3) is 5.91 Å². The molecule has 31 heavy (non-hydrogen) atoms. The van der Waals surface area contributed by atoms with Crippen molar-refractivity contribution in [2.75, 3.05) is 23.5 Å². The van der Waals surface area contributed by atoms with E-state index in [1.54, 1.807) is 29.0 Å². The Morgan fingerprint density at radius 1 is 1.16 bits per heavy atom. The number of nitrogens with two attached hydrogens (primary N) is 1. The molecule has 2 aromatic rings. The fourth-order valence-corrected chi connectivity index (χ4v) is 4.43. The molecule has 3 heterocycles. The molecule has 1 saturated carbocycles. The smallest absolute Gasteiger partial charge is 0.416 e. The normalized spacial score (nSPS) is 24.9. The van der Waals surface area contributed by atoms with E-state index in [1.165, 1.54) is 0 Å². The lowest BCUT2D eigenvalue weighted by Gasteiger charge is -2.32. The Bertz CT molecular complexity index is 1010. The molecule has 2 fully saturated rings. The summed E-state index contributed by atoms with van der Waals surface area (Å²) < 4.78 is 16.3. The fourth-order valence-electron chi connectivity index (χ4n) is 4.43. The van der Waals surface area contributed by atoms with Crippen molar-refractivity contribution in [2.45, 2.75) is 44.0 Å². The summed E-state index contributed by atoms with van der Waals surface area (Å²) in [7, 11) is 1.61. The van der Waals surface area contributed by atoms with E-state index in [9.17, 15) is 9.59 Å². The first kappa shape index (κ1) is 19.6. The highest BCUT2D eigenvalue weighted by Gasteiger charge is 2.46. The van der Waals surface area contributed by atoms with Crippen molar-refractivity contribution in [3.63, 3.8) is 0 Å². The number of pyridine rings is 1. The van der Waals surface area contributed by atoms with Gasteiger partial charge in [0.15, 0.2) is 18.2 Å². The van der Waals surface area contributed by atoms with Gasteiger partial charge in [-0.2, -0.15) is 0 Å². The van der Waals surface area contributed by atoms with Gasteiger partial charge in [-0.15, -0.1) is 0 Å². The number of carbonyl (C=O) groups excluding carboxylic acids is 2. The quantitative estimate of drug-likeness (QED) is 0.802. The standard InChI is InChI=1S/C22H24N4O5/c1-29-15-5-2-13(3-6-15)11-25-20(27)12-30-17-8-9-19(24-21(17)25)26-16-7-4-14(23)10-18(16)31-22(26)28/h2-3,5-6,8-9,14,16,18H,4,7,10-12,23H2,1H3/t14-,16-,18+/m0/s1. The van der Waals surface area contributed by atoms with Crippen LogP contribution >= 0.6 is 0 Å². The minimum atomic E-state index is -0.429. The van der Waals surface area contributed by atoms with Crippen LogP contribution in [-0.2, 0) is 16.1 Å². The van der Waals surface area contributed by atoms with E-state index in [4.69, 9.17) is 19.9 Å². The summed E-state index contributed by atoms with van der Waals surface area (Å²) in [5, 5.41) is 0. The highest BCUT2D eigenvalue weighted by Crippen LogP contribution is 2.38. The van der Waals surface area contributed by atoms with Gasteiger partial charge in [0, 0.05) is 12.5 Å². The van der Waals surface area contributed by atoms with E-state index in [2.05, 4.69) is 4.98 Å². The first-order chi connectivity index (χ1) is 15.0. The number of fused-ring (bicyclic) bond motifs is 2. The van der Waals surface area contributed by atoms with E-state index < -0.39 is 6.09 Å². The minimum Gasteiger partial charge on any atom is -0.497 e. The largest absolute Gasteiger partial charge is 0.497 e. The van der Waals surface area contributed by atoms with Gasteiger partial charge in [0.05, 0.1) is 19.7 Å². The minimum absolute atomic E-state index is 0.0384. The van der Waals surface area contributed by atoms with Crippen LogP contribution in [0.25, 0.3) is 0 Å². The Morgan fingerprint density at radius 2 is 1.97 bits per heavy atom. The van der Waals surface area contributed by atoms with Crippen molar-refractivity contribution in [3.05, 3.63) is 42.0 Å². The molecule has 2 amide bonds. The van der Waals surface area contributed by atoms with Gasteiger partial charge in [-0.05, 0) is 42.7 Å². The molecule has 0 spiro atoms. The van der Waals surface area contributed by atoms with Crippen molar-refractivity contribution in [2.24, 2.45) is 5.73 Å². The van der Waals surface area contributed by atoms with Crippen LogP contribution in [0.3, 0.4) is 0 Å². The number of hydrogen-bond acceptors (Lipinski definition) is 7. The van der Waals surface area contributed by atoms with Crippen LogP contribution in [0.5, 0.6) is 11.5 Å². The molecule has 5 rings (SSSR count). The molecule has 1 aromatic heterocycles. The number of aromatic nitrogens is 1. The van der Waals surface area contributed by atoms with Crippen LogP contribution < -0.4 is 25.0 Å². The van der Waals surface area contributed by atoms with E-state index >= 15 is 0 Å². The lowest BCUT2D eigenvalue weighted by Crippen LogP contribution is -2.44. The van der Waals surface area contributed by atoms with Crippen LogP contribution in [0.4, 0.5) is 16.4 Å². The highest BCUT2D eigenvalue weighted by molar-refractivity contribution is 5.97. The summed E-state index contributed by atoms with van der Waals surface area (Å²) in [6.45, 7) is 0.277. The van der Waals surface area contributed by atoms with Crippen molar-refractivity contribution in [3.8, 4) is 11.5 Å². The first-order valence-electron chi connectivity index (χ1n) is 10.4. The van der Waals surface area contributed by atoms with Crippen LogP contribution in [0, 0.1) is 0 Å². The molecular weight excluding hydrogens is 400 g/mol. The summed E-state index contributed by atoms with van der Waals surface area (Å²) >= 11 is 0. The summed E-state index contributed by atoms with van der Waals surface area (Å²) in [4.78, 5) is 33.1.